The van der Waals surface area contributed by atoms with Crippen LogP contribution in [-0.2, 0) is 0 Å². The highest BCUT2D eigenvalue weighted by atomic mass is 19.1. The smallest absolute Gasteiger partial charge is 0.123 e. The van der Waals surface area contributed by atoms with Crippen LogP contribution >= 0.6 is 0 Å². The lowest BCUT2D eigenvalue weighted by Crippen LogP contribution is -1.96. The molecule has 3 rings (SSSR count). The normalized spacial score (nSPS) is 10.6. The van der Waals surface area contributed by atoms with E-state index in [1.165, 1.54) is 12.1 Å². The molecule has 0 radical (unpaired) electrons. The van der Waals surface area contributed by atoms with E-state index in [9.17, 15) is 4.39 Å². The molecule has 0 amide bonds. The monoisotopic (exact) mass is 252 g/mol. The molecule has 0 aliphatic carbocycles. The van der Waals surface area contributed by atoms with Crippen molar-refractivity contribution >= 4 is 0 Å². The Balaban J connectivity index is 2.03. The Morgan fingerprint density at radius 3 is 2.63 bits per heavy atom. The number of hydrogen-bond donors (Lipinski definition) is 0. The molecule has 0 bridgehead atoms. The van der Waals surface area contributed by atoms with Crippen molar-refractivity contribution in [3.63, 3.8) is 0 Å². The number of rotatable bonds is 2. The largest absolute Gasteiger partial charge is 0.240 e. The predicted octanol–water partition coefficient (Wildman–Crippen LogP) is 3.99. The standard InChI is InChI=1S/C16H13FN2/c1-12-5-2-3-8-16(12)19-11-14(10-18-19)13-6-4-7-15(17)9-13/h2-11H,1H3. The van der Waals surface area contributed by atoms with Gasteiger partial charge in [-0.25, -0.2) is 9.07 Å². The van der Waals surface area contributed by atoms with Gasteiger partial charge in [-0.2, -0.15) is 5.10 Å². The van der Waals surface area contributed by atoms with E-state index in [1.54, 1.807) is 12.3 Å². The summed E-state index contributed by atoms with van der Waals surface area (Å²) in [7, 11) is 0. The average molecular weight is 252 g/mol. The van der Waals surface area contributed by atoms with Crippen molar-refractivity contribution in [2.75, 3.05) is 0 Å². The SMILES string of the molecule is Cc1ccccc1-n1cc(-c2cccc(F)c2)cn1. The number of benzene rings is 2. The highest BCUT2D eigenvalue weighted by Gasteiger charge is 2.05. The average Bonchev–Trinajstić information content (AvgIpc) is 2.89. The first-order valence-electron chi connectivity index (χ1n) is 6.11. The van der Waals surface area contributed by atoms with Gasteiger partial charge in [0, 0.05) is 11.8 Å². The second kappa shape index (κ2) is 4.69. The minimum Gasteiger partial charge on any atom is -0.240 e. The Bertz CT molecular complexity index is 716. The summed E-state index contributed by atoms with van der Waals surface area (Å²) in [4.78, 5) is 0. The topological polar surface area (TPSA) is 17.8 Å². The van der Waals surface area contributed by atoms with Gasteiger partial charge in [-0.3, -0.25) is 0 Å². The van der Waals surface area contributed by atoms with E-state index >= 15 is 0 Å². The highest BCUT2D eigenvalue weighted by molar-refractivity contribution is 5.62. The third-order valence-corrected chi connectivity index (χ3v) is 3.10. The van der Waals surface area contributed by atoms with Crippen molar-refractivity contribution in [1.29, 1.82) is 0 Å². The van der Waals surface area contributed by atoms with Crippen LogP contribution in [0.1, 0.15) is 5.56 Å². The van der Waals surface area contributed by atoms with Crippen LogP contribution in [0.2, 0.25) is 0 Å². The first kappa shape index (κ1) is 11.7. The summed E-state index contributed by atoms with van der Waals surface area (Å²) >= 11 is 0. The maximum atomic E-state index is 13.2. The lowest BCUT2D eigenvalue weighted by molar-refractivity contribution is 0.628. The second-order valence-corrected chi connectivity index (χ2v) is 4.47. The van der Waals surface area contributed by atoms with Crippen molar-refractivity contribution in [3.05, 3.63) is 72.3 Å². The van der Waals surface area contributed by atoms with Crippen LogP contribution in [0.25, 0.3) is 16.8 Å². The fourth-order valence-electron chi connectivity index (χ4n) is 2.09. The zero-order valence-electron chi connectivity index (χ0n) is 10.5. The van der Waals surface area contributed by atoms with E-state index in [1.807, 2.05) is 48.1 Å². The first-order valence-corrected chi connectivity index (χ1v) is 6.11. The van der Waals surface area contributed by atoms with E-state index < -0.39 is 0 Å². The maximum Gasteiger partial charge on any atom is 0.123 e. The molecule has 1 aromatic heterocycles. The van der Waals surface area contributed by atoms with Crippen LogP contribution in [0.3, 0.4) is 0 Å². The molecule has 1 heterocycles. The van der Waals surface area contributed by atoms with E-state index in [2.05, 4.69) is 5.10 Å². The van der Waals surface area contributed by atoms with Gasteiger partial charge in [0.05, 0.1) is 11.9 Å². The van der Waals surface area contributed by atoms with E-state index in [4.69, 9.17) is 0 Å². The minimum atomic E-state index is -0.235. The van der Waals surface area contributed by atoms with Crippen LogP contribution in [0.5, 0.6) is 0 Å². The van der Waals surface area contributed by atoms with Crippen molar-refractivity contribution in [3.8, 4) is 16.8 Å². The van der Waals surface area contributed by atoms with Gasteiger partial charge in [0.1, 0.15) is 5.82 Å². The summed E-state index contributed by atoms with van der Waals surface area (Å²) in [6, 6.07) is 14.6. The molecule has 0 saturated heterocycles. The van der Waals surface area contributed by atoms with Gasteiger partial charge in [-0.15, -0.1) is 0 Å². The Hall–Kier alpha value is -2.42. The maximum absolute atomic E-state index is 13.2. The Morgan fingerprint density at radius 2 is 1.84 bits per heavy atom. The van der Waals surface area contributed by atoms with E-state index in [0.717, 1.165) is 22.4 Å². The van der Waals surface area contributed by atoms with Crippen LogP contribution in [0.15, 0.2) is 60.9 Å². The van der Waals surface area contributed by atoms with Crippen LogP contribution in [-0.4, -0.2) is 9.78 Å². The molecule has 2 aromatic carbocycles. The summed E-state index contributed by atoms with van der Waals surface area (Å²) in [5.74, 6) is -0.235. The molecule has 0 fully saturated rings. The van der Waals surface area contributed by atoms with Gasteiger partial charge in [0.2, 0.25) is 0 Å². The Kier molecular flexibility index (Phi) is 2.88. The molecular weight excluding hydrogens is 239 g/mol. The van der Waals surface area contributed by atoms with Crippen molar-refractivity contribution in [2.24, 2.45) is 0 Å². The molecule has 0 spiro atoms. The zero-order chi connectivity index (χ0) is 13.2. The number of para-hydroxylation sites is 1. The molecule has 2 nitrogen and oxygen atoms in total. The lowest BCUT2D eigenvalue weighted by atomic mass is 10.1. The molecule has 3 aromatic rings. The predicted molar refractivity (Wildman–Crippen MR) is 73.7 cm³/mol. The molecule has 0 aliphatic rings. The molecule has 19 heavy (non-hydrogen) atoms. The van der Waals surface area contributed by atoms with Crippen LogP contribution in [0, 0.1) is 12.7 Å². The summed E-state index contributed by atoms with van der Waals surface area (Å²) in [6.07, 6.45) is 3.66. The van der Waals surface area contributed by atoms with Crippen LogP contribution in [0.4, 0.5) is 4.39 Å². The zero-order valence-corrected chi connectivity index (χ0v) is 10.5. The highest BCUT2D eigenvalue weighted by Crippen LogP contribution is 2.21. The summed E-state index contributed by atoms with van der Waals surface area (Å²) < 4.78 is 15.0. The Morgan fingerprint density at radius 1 is 1.00 bits per heavy atom. The first-order chi connectivity index (χ1) is 9.24. The van der Waals surface area contributed by atoms with Gasteiger partial charge in [0.25, 0.3) is 0 Å². The number of nitrogens with zero attached hydrogens (tertiary/aromatic N) is 2. The van der Waals surface area contributed by atoms with E-state index in [0.29, 0.717) is 0 Å². The molecule has 0 saturated carbocycles. The van der Waals surface area contributed by atoms with Crippen molar-refractivity contribution < 1.29 is 4.39 Å². The van der Waals surface area contributed by atoms with Crippen LogP contribution < -0.4 is 0 Å². The Labute approximate surface area is 111 Å². The lowest BCUT2D eigenvalue weighted by Gasteiger charge is -2.04. The van der Waals surface area contributed by atoms with Gasteiger partial charge in [0.15, 0.2) is 0 Å². The molecule has 0 N–H and O–H groups in total. The van der Waals surface area contributed by atoms with Crippen molar-refractivity contribution in [2.45, 2.75) is 6.92 Å². The summed E-state index contributed by atoms with van der Waals surface area (Å²) in [6.45, 7) is 2.04. The fraction of sp³-hybridized carbons (Fsp3) is 0.0625. The van der Waals surface area contributed by atoms with Gasteiger partial charge in [-0.05, 0) is 36.2 Å². The van der Waals surface area contributed by atoms with Crippen molar-refractivity contribution in [1.82, 2.24) is 9.78 Å². The quantitative estimate of drug-likeness (QED) is 0.674. The van der Waals surface area contributed by atoms with E-state index in [-0.39, 0.29) is 5.82 Å². The molecular formula is C16H13FN2. The molecule has 0 aliphatic heterocycles. The summed E-state index contributed by atoms with van der Waals surface area (Å²) in [5.41, 5.74) is 3.92. The van der Waals surface area contributed by atoms with Gasteiger partial charge >= 0.3 is 0 Å². The molecule has 94 valence electrons. The molecule has 0 unspecified atom stereocenters. The number of aromatic nitrogens is 2. The fourth-order valence-corrected chi connectivity index (χ4v) is 2.09. The third kappa shape index (κ3) is 2.27. The number of hydrogen-bond acceptors (Lipinski definition) is 1. The van der Waals surface area contributed by atoms with Gasteiger partial charge < -0.3 is 0 Å². The minimum absolute atomic E-state index is 0.235. The van der Waals surface area contributed by atoms with Gasteiger partial charge in [-0.1, -0.05) is 30.3 Å². The third-order valence-electron chi connectivity index (χ3n) is 3.10. The number of halogens is 1. The number of aryl methyl sites for hydroxylation is 1. The molecule has 3 heteroatoms. The molecule has 0 atom stereocenters. The summed E-state index contributed by atoms with van der Waals surface area (Å²) in [5, 5.41) is 4.35. The second-order valence-electron chi connectivity index (χ2n) is 4.47.